The van der Waals surface area contributed by atoms with Crippen molar-refractivity contribution in [3.05, 3.63) is 24.3 Å². The maximum Gasteiger partial charge on any atom is 0.334 e. The van der Waals surface area contributed by atoms with Gasteiger partial charge in [0, 0.05) is 31.0 Å². The Balaban J connectivity index is 1.59. The van der Waals surface area contributed by atoms with Crippen LogP contribution in [0.3, 0.4) is 0 Å². The third kappa shape index (κ3) is 4.10. The molecule has 1 aromatic carbocycles. The molecule has 2 aliphatic rings. The Morgan fingerprint density at radius 1 is 1.00 bits per heavy atom. The summed E-state index contributed by atoms with van der Waals surface area (Å²) in [4.78, 5) is 52.3. The monoisotopic (exact) mass is 372 g/mol. The van der Waals surface area contributed by atoms with Gasteiger partial charge in [-0.15, -0.1) is 0 Å². The fourth-order valence-electron chi connectivity index (χ4n) is 3.29. The van der Waals surface area contributed by atoms with Crippen LogP contribution in [0, 0.1) is 5.92 Å². The highest BCUT2D eigenvalue weighted by atomic mass is 16.2. The van der Waals surface area contributed by atoms with Crippen molar-refractivity contribution in [2.24, 2.45) is 5.92 Å². The number of imide groups is 2. The molecule has 8 heteroatoms. The molecule has 2 aliphatic heterocycles. The van der Waals surface area contributed by atoms with Crippen LogP contribution in [0.15, 0.2) is 24.3 Å². The van der Waals surface area contributed by atoms with Crippen LogP contribution >= 0.6 is 0 Å². The number of anilines is 2. The zero-order valence-electron chi connectivity index (χ0n) is 15.6. The first kappa shape index (κ1) is 18.9. The number of rotatable bonds is 6. The van der Waals surface area contributed by atoms with Gasteiger partial charge in [-0.05, 0) is 43.0 Å². The lowest BCUT2D eigenvalue weighted by Gasteiger charge is -2.18. The number of hydrogen-bond donors (Lipinski definition) is 1. The second-order valence-corrected chi connectivity index (χ2v) is 7.27. The second kappa shape index (κ2) is 7.77. The van der Waals surface area contributed by atoms with Crippen molar-refractivity contribution in [1.82, 2.24) is 9.80 Å². The standard InChI is InChI=1S/C19H24N4O4/c1-13(2)11-22-17(25)18(26)23(19(22)27)12-16(24)20-14-5-7-15(8-6-14)21-9-3-4-10-21/h5-8,13H,3-4,9-12H2,1-2H3,(H,20,24). The summed E-state index contributed by atoms with van der Waals surface area (Å²) in [5.41, 5.74) is 1.68. The molecular formula is C19H24N4O4. The summed E-state index contributed by atoms with van der Waals surface area (Å²) in [7, 11) is 0. The largest absolute Gasteiger partial charge is 0.372 e. The van der Waals surface area contributed by atoms with Gasteiger partial charge in [0.1, 0.15) is 6.54 Å². The minimum Gasteiger partial charge on any atom is -0.372 e. The second-order valence-electron chi connectivity index (χ2n) is 7.27. The van der Waals surface area contributed by atoms with Gasteiger partial charge in [0.25, 0.3) is 0 Å². The molecule has 1 N–H and O–H groups in total. The highest BCUT2D eigenvalue weighted by Crippen LogP contribution is 2.22. The Morgan fingerprint density at radius 3 is 2.19 bits per heavy atom. The molecule has 0 aliphatic carbocycles. The molecule has 27 heavy (non-hydrogen) atoms. The Bertz CT molecular complexity index is 753. The number of benzene rings is 1. The van der Waals surface area contributed by atoms with Crippen LogP contribution in [0.2, 0.25) is 0 Å². The first-order valence-corrected chi connectivity index (χ1v) is 9.19. The number of nitrogens with one attached hydrogen (secondary N) is 1. The molecular weight excluding hydrogens is 348 g/mol. The molecule has 2 saturated heterocycles. The lowest BCUT2D eigenvalue weighted by Crippen LogP contribution is -2.39. The van der Waals surface area contributed by atoms with E-state index in [1.807, 2.05) is 26.0 Å². The van der Waals surface area contributed by atoms with E-state index in [0.717, 1.165) is 23.7 Å². The summed E-state index contributed by atoms with van der Waals surface area (Å²) in [6, 6.07) is 6.70. The van der Waals surface area contributed by atoms with E-state index >= 15 is 0 Å². The Hall–Kier alpha value is -2.90. The van der Waals surface area contributed by atoms with Gasteiger partial charge in [-0.1, -0.05) is 13.8 Å². The lowest BCUT2D eigenvalue weighted by atomic mass is 10.2. The number of carbonyl (C=O) groups is 4. The number of hydrogen-bond acceptors (Lipinski definition) is 5. The van der Waals surface area contributed by atoms with E-state index in [0.29, 0.717) is 10.6 Å². The Morgan fingerprint density at radius 2 is 1.59 bits per heavy atom. The summed E-state index contributed by atoms with van der Waals surface area (Å²) in [5, 5.41) is 2.66. The third-order valence-electron chi connectivity index (χ3n) is 4.61. The van der Waals surface area contributed by atoms with E-state index in [2.05, 4.69) is 10.2 Å². The molecule has 0 unspecified atom stereocenters. The molecule has 0 bridgehead atoms. The zero-order valence-corrected chi connectivity index (χ0v) is 15.6. The number of urea groups is 1. The van der Waals surface area contributed by atoms with E-state index in [4.69, 9.17) is 0 Å². The average molecular weight is 372 g/mol. The van der Waals surface area contributed by atoms with Crippen LogP contribution in [0.5, 0.6) is 0 Å². The van der Waals surface area contributed by atoms with Gasteiger partial charge in [0.2, 0.25) is 5.91 Å². The number of nitrogens with zero attached hydrogens (tertiary/aromatic N) is 3. The maximum absolute atomic E-state index is 12.3. The van der Waals surface area contributed by atoms with Gasteiger partial charge < -0.3 is 10.2 Å². The molecule has 8 nitrogen and oxygen atoms in total. The average Bonchev–Trinajstić information content (AvgIpc) is 3.23. The van der Waals surface area contributed by atoms with Crippen molar-refractivity contribution in [3.8, 4) is 0 Å². The Labute approximate surface area is 158 Å². The molecule has 0 aromatic heterocycles. The molecule has 0 atom stereocenters. The summed E-state index contributed by atoms with van der Waals surface area (Å²) in [5.74, 6) is -2.32. The minimum absolute atomic E-state index is 0.0357. The SMILES string of the molecule is CC(C)CN1C(=O)C(=O)N(CC(=O)Nc2ccc(N3CCCC3)cc2)C1=O. The van der Waals surface area contributed by atoms with Gasteiger partial charge in [-0.2, -0.15) is 0 Å². The highest BCUT2D eigenvalue weighted by Gasteiger charge is 2.45. The van der Waals surface area contributed by atoms with E-state index in [1.165, 1.54) is 12.8 Å². The minimum atomic E-state index is -0.958. The van der Waals surface area contributed by atoms with Gasteiger partial charge in [0.05, 0.1) is 0 Å². The number of carbonyl (C=O) groups excluding carboxylic acids is 4. The van der Waals surface area contributed by atoms with Crippen LogP contribution in [-0.2, 0) is 14.4 Å². The smallest absolute Gasteiger partial charge is 0.334 e. The van der Waals surface area contributed by atoms with Crippen LogP contribution in [0.25, 0.3) is 0 Å². The first-order valence-electron chi connectivity index (χ1n) is 9.19. The highest BCUT2D eigenvalue weighted by molar-refractivity contribution is 6.45. The van der Waals surface area contributed by atoms with Crippen molar-refractivity contribution >= 4 is 35.1 Å². The fraction of sp³-hybridized carbons (Fsp3) is 0.474. The van der Waals surface area contributed by atoms with Gasteiger partial charge in [-0.25, -0.2) is 9.69 Å². The van der Waals surface area contributed by atoms with Crippen molar-refractivity contribution in [1.29, 1.82) is 0 Å². The zero-order chi connectivity index (χ0) is 19.6. The molecule has 2 fully saturated rings. The molecule has 144 valence electrons. The van der Waals surface area contributed by atoms with Crippen LogP contribution in [0.1, 0.15) is 26.7 Å². The normalized spacial score (nSPS) is 17.4. The molecule has 0 radical (unpaired) electrons. The molecule has 5 amide bonds. The summed E-state index contributed by atoms with van der Waals surface area (Å²) in [6.07, 6.45) is 2.37. The van der Waals surface area contributed by atoms with Gasteiger partial charge in [0.15, 0.2) is 0 Å². The molecule has 0 spiro atoms. The van der Waals surface area contributed by atoms with Gasteiger partial charge >= 0.3 is 17.8 Å². The summed E-state index contributed by atoms with van der Waals surface area (Å²) in [6.45, 7) is 5.42. The van der Waals surface area contributed by atoms with Crippen molar-refractivity contribution < 1.29 is 19.2 Å². The fourth-order valence-corrected chi connectivity index (χ4v) is 3.29. The van der Waals surface area contributed by atoms with E-state index in [1.54, 1.807) is 12.1 Å². The van der Waals surface area contributed by atoms with Gasteiger partial charge in [-0.3, -0.25) is 19.3 Å². The molecule has 0 saturated carbocycles. The maximum atomic E-state index is 12.3. The van der Waals surface area contributed by atoms with Crippen LogP contribution in [0.4, 0.5) is 16.2 Å². The third-order valence-corrected chi connectivity index (χ3v) is 4.61. The predicted octanol–water partition coefficient (Wildman–Crippen LogP) is 1.67. The van der Waals surface area contributed by atoms with E-state index < -0.39 is 30.3 Å². The van der Waals surface area contributed by atoms with Crippen LogP contribution in [-0.4, -0.2) is 59.7 Å². The first-order chi connectivity index (χ1) is 12.9. The van der Waals surface area contributed by atoms with E-state index in [-0.39, 0.29) is 12.5 Å². The molecule has 2 heterocycles. The van der Waals surface area contributed by atoms with Crippen LogP contribution < -0.4 is 10.2 Å². The van der Waals surface area contributed by atoms with Crippen molar-refractivity contribution in [2.45, 2.75) is 26.7 Å². The Kier molecular flexibility index (Phi) is 5.43. The lowest BCUT2D eigenvalue weighted by molar-refractivity contribution is -0.143. The topological polar surface area (TPSA) is 90.0 Å². The summed E-state index contributed by atoms with van der Waals surface area (Å²) >= 11 is 0. The van der Waals surface area contributed by atoms with E-state index in [9.17, 15) is 19.2 Å². The summed E-state index contributed by atoms with van der Waals surface area (Å²) < 4.78 is 0. The van der Waals surface area contributed by atoms with Crippen molar-refractivity contribution in [3.63, 3.8) is 0 Å². The molecule has 3 rings (SSSR count). The van der Waals surface area contributed by atoms with Crippen molar-refractivity contribution in [2.75, 3.05) is 36.4 Å². The predicted molar refractivity (Wildman–Crippen MR) is 100 cm³/mol. The molecule has 1 aromatic rings. The number of amides is 5. The quantitative estimate of drug-likeness (QED) is 0.606.